The van der Waals surface area contributed by atoms with Crippen LogP contribution in [0.25, 0.3) is 16.7 Å². The van der Waals surface area contributed by atoms with Crippen LogP contribution in [0, 0.1) is 6.92 Å². The van der Waals surface area contributed by atoms with Gasteiger partial charge in [0.15, 0.2) is 0 Å². The number of amides is 1. The third-order valence-electron chi connectivity index (χ3n) is 4.46. The van der Waals surface area contributed by atoms with Crippen LogP contribution in [0.3, 0.4) is 0 Å². The van der Waals surface area contributed by atoms with Gasteiger partial charge in [0.2, 0.25) is 5.91 Å². The summed E-state index contributed by atoms with van der Waals surface area (Å²) < 4.78 is 0. The van der Waals surface area contributed by atoms with Crippen LogP contribution in [-0.4, -0.2) is 29.1 Å². The van der Waals surface area contributed by atoms with Crippen molar-refractivity contribution in [3.8, 4) is 11.1 Å². The van der Waals surface area contributed by atoms with E-state index in [2.05, 4.69) is 26.9 Å². The summed E-state index contributed by atoms with van der Waals surface area (Å²) in [5.41, 5.74) is 6.41. The second-order valence-corrected chi connectivity index (χ2v) is 6.78. The molecule has 0 unspecified atom stereocenters. The quantitative estimate of drug-likeness (QED) is 0.456. The second kappa shape index (κ2) is 10.1. The molecule has 0 fully saturated rings. The number of carbonyl (C=O) groups excluding carboxylic acids is 1. The van der Waals surface area contributed by atoms with Gasteiger partial charge in [-0.2, -0.15) is 0 Å². The molecule has 30 heavy (non-hydrogen) atoms. The Kier molecular flexibility index (Phi) is 7.00. The van der Waals surface area contributed by atoms with Gasteiger partial charge in [-0.15, -0.1) is 0 Å². The normalized spacial score (nSPS) is 11.5. The first-order valence-electron chi connectivity index (χ1n) is 9.62. The number of hydrogen-bond acceptors (Lipinski definition) is 4. The van der Waals surface area contributed by atoms with Gasteiger partial charge in [-0.1, -0.05) is 43.0 Å². The molecule has 1 amide bonds. The Balaban J connectivity index is 1.63. The van der Waals surface area contributed by atoms with Crippen LogP contribution < -0.4 is 5.32 Å². The summed E-state index contributed by atoms with van der Waals surface area (Å²) in [6, 6.07) is 15.7. The predicted molar refractivity (Wildman–Crippen MR) is 124 cm³/mol. The summed E-state index contributed by atoms with van der Waals surface area (Å²) in [5.74, 6) is -0.0889. The zero-order valence-electron chi connectivity index (χ0n) is 17.2. The molecule has 0 atom stereocenters. The lowest BCUT2D eigenvalue weighted by Gasteiger charge is -2.08. The fraction of sp³-hybridized carbons (Fsp3) is 0.120. The average Bonchev–Trinajstić information content (AvgIpc) is 2.75. The van der Waals surface area contributed by atoms with E-state index in [9.17, 15) is 4.79 Å². The van der Waals surface area contributed by atoms with E-state index in [1.165, 1.54) is 0 Å². The number of anilines is 1. The summed E-state index contributed by atoms with van der Waals surface area (Å²) in [5, 5.41) is 2.89. The maximum atomic E-state index is 12.4. The number of nitrogens with zero attached hydrogens (tertiary/aromatic N) is 3. The van der Waals surface area contributed by atoms with Crippen LogP contribution in [0.1, 0.15) is 17.0 Å². The molecule has 5 heteroatoms. The molecule has 1 N–H and O–H groups in total. The molecular weight excluding hydrogens is 372 g/mol. The summed E-state index contributed by atoms with van der Waals surface area (Å²) in [6.07, 6.45) is 8.99. The summed E-state index contributed by atoms with van der Waals surface area (Å²) in [7, 11) is 1.70. The number of aromatic nitrogens is 2. The number of carbonyl (C=O) groups is 1. The van der Waals surface area contributed by atoms with E-state index < -0.39 is 0 Å². The number of nitrogens with one attached hydrogen (secondary N) is 1. The first-order valence-corrected chi connectivity index (χ1v) is 9.62. The smallest absolute Gasteiger partial charge is 0.228 e. The molecule has 1 aromatic carbocycles. The van der Waals surface area contributed by atoms with Crippen molar-refractivity contribution < 1.29 is 4.79 Å². The van der Waals surface area contributed by atoms with Crippen LogP contribution in [-0.2, 0) is 11.2 Å². The highest BCUT2D eigenvalue weighted by molar-refractivity contribution is 6.09. The molecule has 2 aromatic heterocycles. The van der Waals surface area contributed by atoms with Crippen molar-refractivity contribution in [2.45, 2.75) is 13.3 Å². The number of aryl methyl sites for hydroxylation is 1. The first-order chi connectivity index (χ1) is 14.6. The highest BCUT2D eigenvalue weighted by Gasteiger charge is 2.07. The highest BCUT2D eigenvalue weighted by atomic mass is 16.1. The lowest BCUT2D eigenvalue weighted by molar-refractivity contribution is -0.115. The molecule has 0 aliphatic carbocycles. The van der Waals surface area contributed by atoms with Crippen molar-refractivity contribution >= 4 is 23.4 Å². The highest BCUT2D eigenvalue weighted by Crippen LogP contribution is 2.20. The minimum Gasteiger partial charge on any atom is -0.324 e. The van der Waals surface area contributed by atoms with E-state index in [0.717, 1.165) is 33.7 Å². The van der Waals surface area contributed by atoms with E-state index in [4.69, 9.17) is 0 Å². The molecule has 3 rings (SSSR count). The number of benzene rings is 1. The van der Waals surface area contributed by atoms with Gasteiger partial charge in [-0.25, -0.2) is 0 Å². The molecule has 0 radical (unpaired) electrons. The topological polar surface area (TPSA) is 67.2 Å². The third-order valence-corrected chi connectivity index (χ3v) is 4.46. The van der Waals surface area contributed by atoms with Gasteiger partial charge < -0.3 is 5.32 Å². The molecule has 0 aliphatic rings. The number of allylic oxidation sites excluding steroid dienone is 3. The summed E-state index contributed by atoms with van der Waals surface area (Å²) >= 11 is 0. The second-order valence-electron chi connectivity index (χ2n) is 6.78. The van der Waals surface area contributed by atoms with Gasteiger partial charge in [0, 0.05) is 30.7 Å². The number of aliphatic imine (C=N–C) groups is 1. The van der Waals surface area contributed by atoms with Crippen molar-refractivity contribution in [2.75, 3.05) is 12.4 Å². The zero-order valence-corrected chi connectivity index (χ0v) is 17.2. The minimum absolute atomic E-state index is 0.0889. The standard InChI is InChI=1S/C25H24N4O/c1-4-5-22(16-26-3)24-11-10-23(17-28-24)29-25(30)15-19-6-8-20(9-7-19)21-12-13-27-18(2)14-21/h4-14,16-17H,1,15H2,2-3H3,(H,29,30)/b22-5+,26-16?. The Hall–Kier alpha value is -3.86. The Morgan fingerprint density at radius 3 is 2.53 bits per heavy atom. The SMILES string of the molecule is C=C/C=C(\C=NC)c1ccc(NC(=O)Cc2ccc(-c3ccnc(C)c3)cc2)cn1. The molecule has 150 valence electrons. The molecule has 0 bridgehead atoms. The Morgan fingerprint density at radius 2 is 1.90 bits per heavy atom. The predicted octanol–water partition coefficient (Wildman–Crippen LogP) is 4.90. The van der Waals surface area contributed by atoms with Gasteiger partial charge in [0.05, 0.1) is 24.0 Å². The molecule has 3 aromatic rings. The van der Waals surface area contributed by atoms with Gasteiger partial charge in [-0.3, -0.25) is 19.8 Å². The van der Waals surface area contributed by atoms with E-state index in [0.29, 0.717) is 12.1 Å². The first kappa shape index (κ1) is 20.9. The van der Waals surface area contributed by atoms with E-state index in [1.54, 1.807) is 31.7 Å². The largest absolute Gasteiger partial charge is 0.324 e. The van der Waals surface area contributed by atoms with Gasteiger partial charge >= 0.3 is 0 Å². The Labute approximate surface area is 176 Å². The monoisotopic (exact) mass is 396 g/mol. The fourth-order valence-corrected chi connectivity index (χ4v) is 3.03. The lowest BCUT2D eigenvalue weighted by Crippen LogP contribution is -2.14. The van der Waals surface area contributed by atoms with E-state index in [-0.39, 0.29) is 5.91 Å². The molecule has 2 heterocycles. The van der Waals surface area contributed by atoms with Gasteiger partial charge in [0.25, 0.3) is 0 Å². The molecule has 0 saturated carbocycles. The fourth-order valence-electron chi connectivity index (χ4n) is 3.03. The van der Waals surface area contributed by atoms with Crippen molar-refractivity contribution in [2.24, 2.45) is 4.99 Å². The molecule has 0 spiro atoms. The van der Waals surface area contributed by atoms with Crippen LogP contribution >= 0.6 is 0 Å². The minimum atomic E-state index is -0.0889. The van der Waals surface area contributed by atoms with Crippen molar-refractivity contribution in [1.29, 1.82) is 0 Å². The lowest BCUT2D eigenvalue weighted by atomic mass is 10.0. The van der Waals surface area contributed by atoms with Crippen molar-refractivity contribution in [1.82, 2.24) is 9.97 Å². The number of rotatable bonds is 7. The average molecular weight is 396 g/mol. The number of hydrogen-bond donors (Lipinski definition) is 1. The van der Waals surface area contributed by atoms with Crippen LogP contribution in [0.2, 0.25) is 0 Å². The van der Waals surface area contributed by atoms with E-state index >= 15 is 0 Å². The van der Waals surface area contributed by atoms with Crippen LogP contribution in [0.4, 0.5) is 5.69 Å². The summed E-state index contributed by atoms with van der Waals surface area (Å²) in [6.45, 7) is 5.68. The number of pyridine rings is 2. The molecular formula is C25H24N4O. The van der Waals surface area contributed by atoms with Crippen LogP contribution in [0.15, 0.2) is 84.6 Å². The van der Waals surface area contributed by atoms with E-state index in [1.807, 2.05) is 61.5 Å². The van der Waals surface area contributed by atoms with Crippen molar-refractivity contribution in [3.63, 3.8) is 0 Å². The Bertz CT molecular complexity index is 1080. The van der Waals surface area contributed by atoms with Gasteiger partial charge in [0.1, 0.15) is 0 Å². The Morgan fingerprint density at radius 1 is 1.10 bits per heavy atom. The molecule has 0 saturated heterocycles. The zero-order chi connectivity index (χ0) is 21.3. The summed E-state index contributed by atoms with van der Waals surface area (Å²) in [4.78, 5) is 25.1. The molecule has 5 nitrogen and oxygen atoms in total. The maximum Gasteiger partial charge on any atom is 0.228 e. The molecule has 0 aliphatic heterocycles. The van der Waals surface area contributed by atoms with Crippen LogP contribution in [0.5, 0.6) is 0 Å². The van der Waals surface area contributed by atoms with Gasteiger partial charge in [-0.05, 0) is 47.9 Å². The third kappa shape index (κ3) is 5.58. The maximum absolute atomic E-state index is 12.4. The van der Waals surface area contributed by atoms with Crippen molar-refractivity contribution in [3.05, 3.63) is 96.6 Å².